The van der Waals surface area contributed by atoms with Gasteiger partial charge in [-0.05, 0) is 63.1 Å². The monoisotopic (exact) mass is 480 g/mol. The minimum Gasteiger partial charge on any atom is -0.340 e. The van der Waals surface area contributed by atoms with Crippen LogP contribution in [0.4, 0.5) is 10.1 Å². The summed E-state index contributed by atoms with van der Waals surface area (Å²) >= 11 is 0. The van der Waals surface area contributed by atoms with Crippen LogP contribution in [0.15, 0.2) is 42.5 Å². The maximum Gasteiger partial charge on any atom is 0.253 e. The summed E-state index contributed by atoms with van der Waals surface area (Å²) in [4.78, 5) is 44.3. The predicted octanol–water partition coefficient (Wildman–Crippen LogP) is 3.08. The van der Waals surface area contributed by atoms with Gasteiger partial charge in [-0.3, -0.25) is 19.3 Å². The van der Waals surface area contributed by atoms with Crippen molar-refractivity contribution in [1.29, 1.82) is 0 Å². The van der Waals surface area contributed by atoms with Gasteiger partial charge in [-0.25, -0.2) is 4.39 Å². The number of anilines is 1. The third-order valence-corrected chi connectivity index (χ3v) is 6.71. The molecule has 0 aliphatic carbocycles. The Labute approximate surface area is 205 Å². The van der Waals surface area contributed by atoms with Crippen LogP contribution in [-0.2, 0) is 9.59 Å². The second-order valence-electron chi connectivity index (χ2n) is 9.62. The van der Waals surface area contributed by atoms with Gasteiger partial charge in [-0.1, -0.05) is 17.2 Å². The number of amides is 3. The first-order valence-electron chi connectivity index (χ1n) is 12.2. The van der Waals surface area contributed by atoms with Gasteiger partial charge >= 0.3 is 0 Å². The molecule has 7 nitrogen and oxygen atoms in total. The van der Waals surface area contributed by atoms with Crippen LogP contribution in [0.25, 0.3) is 0 Å². The van der Waals surface area contributed by atoms with E-state index in [1.54, 1.807) is 0 Å². The van der Waals surface area contributed by atoms with E-state index in [-0.39, 0.29) is 36.0 Å². The first kappa shape index (κ1) is 24.9. The first-order valence-corrected chi connectivity index (χ1v) is 12.2. The standard InChI is InChI=1S/C27H33FN4O3/c1-19-14-20(2)16-22(15-19)27(35)32-9-3-4-21(17-32)26(34)31-12-10-30(11-13-31)18-25(33)29-24-7-5-23(28)6-8-24/h5-8,14-16,21H,3-4,9-13,17-18H2,1-2H3,(H,29,33). The number of likely N-dealkylation sites (tertiary alicyclic amines) is 1. The average Bonchev–Trinajstić information content (AvgIpc) is 2.84. The number of aryl methyl sites for hydroxylation is 2. The molecule has 0 bridgehead atoms. The third kappa shape index (κ3) is 6.45. The molecule has 4 rings (SSSR count). The Balaban J connectivity index is 1.26. The van der Waals surface area contributed by atoms with Crippen molar-refractivity contribution in [2.45, 2.75) is 26.7 Å². The van der Waals surface area contributed by atoms with Gasteiger partial charge in [0.15, 0.2) is 0 Å². The minimum atomic E-state index is -0.348. The van der Waals surface area contributed by atoms with Crippen LogP contribution in [0.2, 0.25) is 0 Å². The quantitative estimate of drug-likeness (QED) is 0.714. The molecular weight excluding hydrogens is 447 g/mol. The second-order valence-corrected chi connectivity index (χ2v) is 9.62. The largest absolute Gasteiger partial charge is 0.340 e. The lowest BCUT2D eigenvalue weighted by atomic mass is 9.95. The first-order chi connectivity index (χ1) is 16.8. The van der Waals surface area contributed by atoms with Crippen LogP contribution in [0.5, 0.6) is 0 Å². The number of hydrogen-bond acceptors (Lipinski definition) is 4. The number of hydrogen-bond donors (Lipinski definition) is 1. The summed E-state index contributed by atoms with van der Waals surface area (Å²) in [6.07, 6.45) is 1.60. The summed E-state index contributed by atoms with van der Waals surface area (Å²) in [5.74, 6) is -0.611. The van der Waals surface area contributed by atoms with Gasteiger partial charge < -0.3 is 15.1 Å². The molecule has 2 saturated heterocycles. The lowest BCUT2D eigenvalue weighted by molar-refractivity contribution is -0.138. The molecule has 0 saturated carbocycles. The molecule has 1 unspecified atom stereocenters. The van der Waals surface area contributed by atoms with Crippen molar-refractivity contribution in [3.8, 4) is 0 Å². The smallest absolute Gasteiger partial charge is 0.253 e. The average molecular weight is 481 g/mol. The summed E-state index contributed by atoms with van der Waals surface area (Å²) in [6.45, 7) is 7.66. The fourth-order valence-electron chi connectivity index (χ4n) is 4.97. The topological polar surface area (TPSA) is 73.0 Å². The van der Waals surface area contributed by atoms with Gasteiger partial charge in [0.25, 0.3) is 5.91 Å². The van der Waals surface area contributed by atoms with E-state index >= 15 is 0 Å². The van der Waals surface area contributed by atoms with Gasteiger partial charge in [-0.2, -0.15) is 0 Å². The van der Waals surface area contributed by atoms with Crippen LogP contribution in [-0.4, -0.2) is 78.2 Å². The molecule has 2 aromatic rings. The molecule has 35 heavy (non-hydrogen) atoms. The predicted molar refractivity (Wildman–Crippen MR) is 133 cm³/mol. The molecule has 2 fully saturated rings. The maximum absolute atomic E-state index is 13.2. The fourth-order valence-corrected chi connectivity index (χ4v) is 4.97. The van der Waals surface area contributed by atoms with E-state index in [9.17, 15) is 18.8 Å². The number of piperidine rings is 1. The molecule has 0 aromatic heterocycles. The highest BCUT2D eigenvalue weighted by atomic mass is 19.1. The molecule has 186 valence electrons. The Morgan fingerprint density at radius 3 is 2.23 bits per heavy atom. The van der Waals surface area contributed by atoms with E-state index in [0.717, 1.165) is 24.0 Å². The SMILES string of the molecule is Cc1cc(C)cc(C(=O)N2CCCC(C(=O)N3CCN(CC(=O)Nc4ccc(F)cc4)CC3)C2)c1. The van der Waals surface area contributed by atoms with Crippen molar-refractivity contribution in [2.75, 3.05) is 51.1 Å². The fraction of sp³-hybridized carbons (Fsp3) is 0.444. The van der Waals surface area contributed by atoms with Gasteiger partial charge in [-0.15, -0.1) is 0 Å². The number of nitrogens with one attached hydrogen (secondary N) is 1. The van der Waals surface area contributed by atoms with Crippen molar-refractivity contribution in [1.82, 2.24) is 14.7 Å². The highest BCUT2D eigenvalue weighted by Gasteiger charge is 2.33. The van der Waals surface area contributed by atoms with Gasteiger partial charge in [0.1, 0.15) is 5.82 Å². The Hall–Kier alpha value is -3.26. The highest BCUT2D eigenvalue weighted by molar-refractivity contribution is 5.95. The van der Waals surface area contributed by atoms with Crippen LogP contribution in [0.1, 0.15) is 34.3 Å². The Morgan fingerprint density at radius 2 is 1.57 bits per heavy atom. The Kier molecular flexibility index (Phi) is 7.80. The molecule has 2 aliphatic rings. The second kappa shape index (κ2) is 11.0. The highest BCUT2D eigenvalue weighted by Crippen LogP contribution is 2.22. The molecule has 2 aliphatic heterocycles. The molecular formula is C27H33FN4O3. The maximum atomic E-state index is 13.2. The van der Waals surface area contributed by atoms with Crippen molar-refractivity contribution in [3.05, 3.63) is 65.0 Å². The minimum absolute atomic E-state index is 0.00807. The van der Waals surface area contributed by atoms with Gasteiger partial charge in [0.2, 0.25) is 11.8 Å². The van der Waals surface area contributed by atoms with Gasteiger partial charge in [0.05, 0.1) is 12.5 Å². The lowest BCUT2D eigenvalue weighted by Crippen LogP contribution is -2.54. The van der Waals surface area contributed by atoms with Crippen molar-refractivity contribution in [3.63, 3.8) is 0 Å². The molecule has 8 heteroatoms. The zero-order valence-electron chi connectivity index (χ0n) is 20.4. The van der Waals surface area contributed by atoms with Crippen LogP contribution in [0, 0.1) is 25.6 Å². The summed E-state index contributed by atoms with van der Waals surface area (Å²) in [5.41, 5.74) is 3.36. The third-order valence-electron chi connectivity index (χ3n) is 6.71. The zero-order chi connectivity index (χ0) is 24.9. The number of piperazine rings is 1. The molecule has 3 amide bonds. The Morgan fingerprint density at radius 1 is 0.914 bits per heavy atom. The number of rotatable bonds is 5. The number of carbonyl (C=O) groups is 3. The van der Waals surface area contributed by atoms with Crippen LogP contribution < -0.4 is 5.32 Å². The van der Waals surface area contributed by atoms with E-state index < -0.39 is 0 Å². The van der Waals surface area contributed by atoms with Crippen molar-refractivity contribution >= 4 is 23.4 Å². The van der Waals surface area contributed by atoms with E-state index in [4.69, 9.17) is 0 Å². The number of carbonyl (C=O) groups excluding carboxylic acids is 3. The van der Waals surface area contributed by atoms with E-state index in [0.29, 0.717) is 50.5 Å². The molecule has 1 N–H and O–H groups in total. The van der Waals surface area contributed by atoms with Gasteiger partial charge in [0, 0.05) is 50.5 Å². The number of halogens is 1. The number of benzene rings is 2. The summed E-state index contributed by atoms with van der Waals surface area (Å²) in [5, 5.41) is 2.77. The van der Waals surface area contributed by atoms with Crippen molar-refractivity contribution in [2.24, 2.45) is 5.92 Å². The van der Waals surface area contributed by atoms with E-state index in [2.05, 4.69) is 5.32 Å². The Bertz CT molecular complexity index is 1060. The van der Waals surface area contributed by atoms with Crippen molar-refractivity contribution < 1.29 is 18.8 Å². The molecule has 2 aromatic carbocycles. The lowest BCUT2D eigenvalue weighted by Gasteiger charge is -2.39. The summed E-state index contributed by atoms with van der Waals surface area (Å²) in [6, 6.07) is 11.5. The van der Waals surface area contributed by atoms with E-state index in [1.165, 1.54) is 24.3 Å². The molecule has 0 radical (unpaired) electrons. The molecule has 2 heterocycles. The summed E-state index contributed by atoms with van der Waals surface area (Å²) < 4.78 is 13.0. The van der Waals surface area contributed by atoms with E-state index in [1.807, 2.05) is 46.7 Å². The van der Waals surface area contributed by atoms with Crippen LogP contribution in [0.3, 0.4) is 0 Å². The molecule has 1 atom stereocenters. The van der Waals surface area contributed by atoms with Crippen LogP contribution >= 0.6 is 0 Å². The molecule has 0 spiro atoms. The normalized spacial score (nSPS) is 18.9. The number of nitrogens with zero attached hydrogens (tertiary/aromatic N) is 3. The zero-order valence-corrected chi connectivity index (χ0v) is 20.4. The summed E-state index contributed by atoms with van der Waals surface area (Å²) in [7, 11) is 0.